The third kappa shape index (κ3) is 4.72. The Morgan fingerprint density at radius 2 is 2.00 bits per heavy atom. The summed E-state index contributed by atoms with van der Waals surface area (Å²) in [5.41, 5.74) is 4.17. The van der Waals surface area contributed by atoms with E-state index in [1.807, 2.05) is 0 Å². The Labute approximate surface area is 129 Å². The number of ether oxygens (including phenoxy) is 1. The van der Waals surface area contributed by atoms with Gasteiger partial charge in [-0.15, -0.1) is 0 Å². The highest BCUT2D eigenvalue weighted by molar-refractivity contribution is 5.54. The second kappa shape index (κ2) is 7.81. The van der Waals surface area contributed by atoms with Gasteiger partial charge in [-0.1, -0.05) is 26.0 Å². The molecule has 1 aromatic rings. The average molecular weight is 290 g/mol. The molecule has 1 saturated heterocycles. The molecule has 1 fully saturated rings. The van der Waals surface area contributed by atoms with Crippen LogP contribution in [0.3, 0.4) is 0 Å². The summed E-state index contributed by atoms with van der Waals surface area (Å²) < 4.78 is 5.28. The van der Waals surface area contributed by atoms with Gasteiger partial charge in [-0.3, -0.25) is 0 Å². The van der Waals surface area contributed by atoms with Crippen LogP contribution in [-0.2, 0) is 11.3 Å². The van der Waals surface area contributed by atoms with Gasteiger partial charge in [0.25, 0.3) is 0 Å². The fourth-order valence-electron chi connectivity index (χ4n) is 3.08. The van der Waals surface area contributed by atoms with Crippen LogP contribution in [-0.4, -0.2) is 32.8 Å². The van der Waals surface area contributed by atoms with Gasteiger partial charge in [-0.25, -0.2) is 0 Å². The lowest BCUT2D eigenvalue weighted by Gasteiger charge is -2.34. The number of rotatable bonds is 6. The van der Waals surface area contributed by atoms with E-state index in [-0.39, 0.29) is 0 Å². The van der Waals surface area contributed by atoms with Crippen molar-refractivity contribution in [1.82, 2.24) is 5.32 Å². The van der Waals surface area contributed by atoms with Gasteiger partial charge in [0.15, 0.2) is 0 Å². The number of hydrogen-bond donors (Lipinski definition) is 1. The lowest BCUT2D eigenvalue weighted by atomic mass is 9.96. The molecule has 1 N–H and O–H groups in total. The number of aryl methyl sites for hydroxylation is 1. The molecule has 1 heterocycles. The van der Waals surface area contributed by atoms with Gasteiger partial charge in [0.1, 0.15) is 0 Å². The fraction of sp³-hybridized carbons (Fsp3) is 0.667. The molecule has 0 unspecified atom stereocenters. The highest BCUT2D eigenvalue weighted by Gasteiger charge is 2.20. The second-order valence-corrected chi connectivity index (χ2v) is 6.54. The van der Waals surface area contributed by atoms with Crippen molar-refractivity contribution in [3.05, 3.63) is 29.3 Å². The van der Waals surface area contributed by atoms with Crippen LogP contribution >= 0.6 is 0 Å². The molecule has 3 nitrogen and oxygen atoms in total. The van der Waals surface area contributed by atoms with Crippen molar-refractivity contribution in [2.75, 3.05) is 31.7 Å². The lowest BCUT2D eigenvalue weighted by Crippen LogP contribution is -2.35. The quantitative estimate of drug-likeness (QED) is 0.869. The van der Waals surface area contributed by atoms with Gasteiger partial charge in [0.2, 0.25) is 0 Å². The second-order valence-electron chi connectivity index (χ2n) is 6.54. The van der Waals surface area contributed by atoms with Crippen LogP contribution in [0.5, 0.6) is 0 Å². The Morgan fingerprint density at radius 1 is 1.29 bits per heavy atom. The monoisotopic (exact) mass is 290 g/mol. The summed E-state index contributed by atoms with van der Waals surface area (Å²) in [5.74, 6) is 0.737. The average Bonchev–Trinajstić information content (AvgIpc) is 2.47. The number of nitrogens with zero attached hydrogens (tertiary/aromatic N) is 1. The SMILES string of the molecule is COCC1CCN(c2ccc(CNC(C)C)cc2C)CC1. The van der Waals surface area contributed by atoms with Crippen LogP contribution in [0.25, 0.3) is 0 Å². The van der Waals surface area contributed by atoms with Crippen molar-refractivity contribution in [1.29, 1.82) is 0 Å². The Kier molecular flexibility index (Phi) is 6.07. The lowest BCUT2D eigenvalue weighted by molar-refractivity contribution is 0.139. The molecule has 0 aliphatic carbocycles. The zero-order chi connectivity index (χ0) is 15.2. The third-order valence-corrected chi connectivity index (χ3v) is 4.33. The number of piperidine rings is 1. The van der Waals surface area contributed by atoms with Gasteiger partial charge in [-0.2, -0.15) is 0 Å². The first-order valence-electron chi connectivity index (χ1n) is 8.17. The van der Waals surface area contributed by atoms with Crippen LogP contribution in [0.15, 0.2) is 18.2 Å². The van der Waals surface area contributed by atoms with Crippen molar-refractivity contribution < 1.29 is 4.74 Å². The number of benzene rings is 1. The molecule has 1 aliphatic rings. The molecule has 1 aromatic carbocycles. The molecular formula is C18H30N2O. The molecule has 0 atom stereocenters. The van der Waals surface area contributed by atoms with Gasteiger partial charge in [0, 0.05) is 45.1 Å². The summed E-state index contributed by atoms with van der Waals surface area (Å²) >= 11 is 0. The predicted molar refractivity (Wildman–Crippen MR) is 90.0 cm³/mol. The molecule has 1 aliphatic heterocycles. The van der Waals surface area contributed by atoms with Crippen LogP contribution in [0.4, 0.5) is 5.69 Å². The molecule has 0 radical (unpaired) electrons. The zero-order valence-corrected chi connectivity index (χ0v) is 14.0. The Morgan fingerprint density at radius 3 is 2.57 bits per heavy atom. The molecule has 0 aromatic heterocycles. The summed E-state index contributed by atoms with van der Waals surface area (Å²) in [7, 11) is 1.81. The molecule has 0 amide bonds. The van der Waals surface area contributed by atoms with Crippen LogP contribution in [0.1, 0.15) is 37.8 Å². The Balaban J connectivity index is 1.95. The summed E-state index contributed by atoms with van der Waals surface area (Å²) in [4.78, 5) is 2.53. The minimum Gasteiger partial charge on any atom is -0.384 e. The first kappa shape index (κ1) is 16.3. The van der Waals surface area contributed by atoms with Crippen molar-refractivity contribution in [2.45, 2.75) is 46.2 Å². The largest absolute Gasteiger partial charge is 0.384 e. The summed E-state index contributed by atoms with van der Waals surface area (Å²) in [6.07, 6.45) is 2.48. The van der Waals surface area contributed by atoms with Crippen LogP contribution < -0.4 is 10.2 Å². The highest BCUT2D eigenvalue weighted by atomic mass is 16.5. The fourth-order valence-corrected chi connectivity index (χ4v) is 3.08. The number of hydrogen-bond acceptors (Lipinski definition) is 3. The van der Waals surface area contributed by atoms with Gasteiger partial charge in [0.05, 0.1) is 0 Å². The summed E-state index contributed by atoms with van der Waals surface area (Å²) in [6, 6.07) is 7.42. The maximum atomic E-state index is 5.28. The molecule has 2 rings (SSSR count). The van der Waals surface area contributed by atoms with Crippen LogP contribution in [0, 0.1) is 12.8 Å². The molecule has 0 spiro atoms. The first-order chi connectivity index (χ1) is 10.1. The molecule has 118 valence electrons. The molecule has 0 saturated carbocycles. The smallest absolute Gasteiger partial charge is 0.0491 e. The van der Waals surface area contributed by atoms with Gasteiger partial charge in [-0.05, 0) is 42.9 Å². The molecular weight excluding hydrogens is 260 g/mol. The topological polar surface area (TPSA) is 24.5 Å². The molecule has 3 heteroatoms. The number of anilines is 1. The minimum absolute atomic E-state index is 0.532. The highest BCUT2D eigenvalue weighted by Crippen LogP contribution is 2.27. The normalized spacial score (nSPS) is 16.7. The number of methoxy groups -OCH3 is 1. The maximum absolute atomic E-state index is 5.28. The van der Waals surface area contributed by atoms with E-state index in [1.165, 1.54) is 29.7 Å². The van der Waals surface area contributed by atoms with Crippen molar-refractivity contribution >= 4 is 5.69 Å². The van der Waals surface area contributed by atoms with Crippen molar-refractivity contribution in [2.24, 2.45) is 5.92 Å². The van der Waals surface area contributed by atoms with E-state index in [2.05, 4.69) is 49.2 Å². The summed E-state index contributed by atoms with van der Waals surface area (Å²) in [6.45, 7) is 10.8. The first-order valence-corrected chi connectivity index (χ1v) is 8.17. The van der Waals surface area contributed by atoms with Crippen LogP contribution in [0.2, 0.25) is 0 Å². The van der Waals surface area contributed by atoms with Crippen molar-refractivity contribution in [3.63, 3.8) is 0 Å². The number of nitrogens with one attached hydrogen (secondary N) is 1. The summed E-state index contributed by atoms with van der Waals surface area (Å²) in [5, 5.41) is 3.48. The van der Waals surface area contributed by atoms with E-state index in [1.54, 1.807) is 7.11 Å². The van der Waals surface area contributed by atoms with E-state index < -0.39 is 0 Å². The standard InChI is InChI=1S/C18H30N2O/c1-14(2)19-12-17-5-6-18(15(3)11-17)20-9-7-16(8-10-20)13-21-4/h5-6,11,14,16,19H,7-10,12-13H2,1-4H3. The van der Waals surface area contributed by atoms with E-state index in [9.17, 15) is 0 Å². The van der Waals surface area contributed by atoms with Crippen molar-refractivity contribution in [3.8, 4) is 0 Å². The van der Waals surface area contributed by atoms with E-state index in [4.69, 9.17) is 4.74 Å². The van der Waals surface area contributed by atoms with Gasteiger partial charge >= 0.3 is 0 Å². The van der Waals surface area contributed by atoms with E-state index in [0.717, 1.165) is 32.2 Å². The molecule has 0 bridgehead atoms. The van der Waals surface area contributed by atoms with E-state index in [0.29, 0.717) is 6.04 Å². The van der Waals surface area contributed by atoms with E-state index >= 15 is 0 Å². The zero-order valence-electron chi connectivity index (χ0n) is 14.0. The maximum Gasteiger partial charge on any atom is 0.0491 e. The van der Waals surface area contributed by atoms with Gasteiger partial charge < -0.3 is 15.0 Å². The predicted octanol–water partition coefficient (Wildman–Crippen LogP) is 3.36. The Bertz CT molecular complexity index is 437. The molecule has 21 heavy (non-hydrogen) atoms. The minimum atomic E-state index is 0.532. The Hall–Kier alpha value is -1.06. The third-order valence-electron chi connectivity index (χ3n) is 4.33.